The van der Waals surface area contributed by atoms with Gasteiger partial charge in [0.2, 0.25) is 0 Å². The van der Waals surface area contributed by atoms with E-state index in [0.717, 1.165) is 36.5 Å². The molecule has 1 saturated carbocycles. The highest BCUT2D eigenvalue weighted by molar-refractivity contribution is 6.30. The average Bonchev–Trinajstić information content (AvgIpc) is 3.15. The summed E-state index contributed by atoms with van der Waals surface area (Å²) < 4.78 is 0. The van der Waals surface area contributed by atoms with Crippen LogP contribution in [0.1, 0.15) is 43.5 Å². The fourth-order valence-corrected chi connectivity index (χ4v) is 1.77. The molecule has 0 saturated heterocycles. The molecule has 90 valence electrons. The molecule has 1 N–H and O–H groups in total. The monoisotopic (exact) mass is 249 g/mol. The van der Waals surface area contributed by atoms with Gasteiger partial charge in [0.05, 0.1) is 6.04 Å². The second-order valence-electron chi connectivity index (χ2n) is 4.39. The fraction of sp³-hybridized carbons (Fsp3) is 0.538. The van der Waals surface area contributed by atoms with Gasteiger partial charge in [-0.05, 0) is 26.2 Å². The van der Waals surface area contributed by atoms with Crippen LogP contribution in [0.15, 0.2) is 0 Å². The zero-order chi connectivity index (χ0) is 12.4. The quantitative estimate of drug-likeness (QED) is 0.658. The lowest BCUT2D eigenvalue weighted by atomic mass is 10.2. The Morgan fingerprint density at radius 1 is 1.53 bits per heavy atom. The van der Waals surface area contributed by atoms with Crippen LogP contribution in [0.3, 0.4) is 0 Å². The molecule has 0 aromatic carbocycles. The number of hydrogen-bond acceptors (Lipinski definition) is 3. The molecular weight excluding hydrogens is 234 g/mol. The Balaban J connectivity index is 2.28. The van der Waals surface area contributed by atoms with Crippen molar-refractivity contribution in [3.05, 3.63) is 16.5 Å². The second kappa shape index (κ2) is 4.93. The molecule has 0 aliphatic heterocycles. The first-order valence-corrected chi connectivity index (χ1v) is 6.30. The van der Waals surface area contributed by atoms with Gasteiger partial charge in [0.25, 0.3) is 0 Å². The molecule has 0 bridgehead atoms. The van der Waals surface area contributed by atoms with Crippen LogP contribution in [0, 0.1) is 19.3 Å². The summed E-state index contributed by atoms with van der Waals surface area (Å²) in [7, 11) is 0. The van der Waals surface area contributed by atoms with E-state index in [-0.39, 0.29) is 6.04 Å². The van der Waals surface area contributed by atoms with Gasteiger partial charge < -0.3 is 5.32 Å². The largest absolute Gasteiger partial charge is 0.356 e. The van der Waals surface area contributed by atoms with Crippen LogP contribution in [0.2, 0.25) is 5.15 Å². The van der Waals surface area contributed by atoms with E-state index < -0.39 is 0 Å². The van der Waals surface area contributed by atoms with Crippen molar-refractivity contribution in [2.24, 2.45) is 0 Å². The molecule has 1 aromatic rings. The Kier molecular flexibility index (Phi) is 3.54. The highest BCUT2D eigenvalue weighted by atomic mass is 35.5. The summed E-state index contributed by atoms with van der Waals surface area (Å²) in [6.45, 7) is 3.95. The standard InChI is InChI=1S/C13H16ClN3/c1-4-10(5-2)15-12-8(3)11(14)16-13(17-12)9-6-7-9/h1,9-10H,5-7H2,2-3H3,(H,15,16,17). The summed E-state index contributed by atoms with van der Waals surface area (Å²) in [5, 5.41) is 3.76. The molecule has 1 unspecified atom stereocenters. The van der Waals surface area contributed by atoms with E-state index in [4.69, 9.17) is 18.0 Å². The van der Waals surface area contributed by atoms with Gasteiger partial charge in [-0.15, -0.1) is 6.42 Å². The maximum Gasteiger partial charge on any atom is 0.137 e. The van der Waals surface area contributed by atoms with Gasteiger partial charge in [0.1, 0.15) is 16.8 Å². The third-order valence-corrected chi connectivity index (χ3v) is 3.33. The Morgan fingerprint density at radius 2 is 2.24 bits per heavy atom. The Labute approximate surface area is 107 Å². The van der Waals surface area contributed by atoms with Gasteiger partial charge >= 0.3 is 0 Å². The van der Waals surface area contributed by atoms with E-state index in [0.29, 0.717) is 11.1 Å². The minimum atomic E-state index is -0.00767. The molecule has 4 heteroatoms. The lowest BCUT2D eigenvalue weighted by Crippen LogP contribution is -2.18. The first kappa shape index (κ1) is 12.2. The van der Waals surface area contributed by atoms with Crippen LogP contribution in [0.25, 0.3) is 0 Å². The van der Waals surface area contributed by atoms with E-state index in [1.165, 1.54) is 0 Å². The molecule has 1 aliphatic carbocycles. The normalized spacial score (nSPS) is 16.4. The maximum absolute atomic E-state index is 6.12. The number of aromatic nitrogens is 2. The zero-order valence-electron chi connectivity index (χ0n) is 10.1. The third kappa shape index (κ3) is 2.70. The second-order valence-corrected chi connectivity index (χ2v) is 4.75. The van der Waals surface area contributed by atoms with Crippen LogP contribution in [-0.2, 0) is 0 Å². The summed E-state index contributed by atoms with van der Waals surface area (Å²) in [4.78, 5) is 8.85. The molecular formula is C13H16ClN3. The lowest BCUT2D eigenvalue weighted by Gasteiger charge is -2.15. The number of halogens is 1. The van der Waals surface area contributed by atoms with Crippen molar-refractivity contribution < 1.29 is 0 Å². The Bertz CT molecular complexity index is 460. The summed E-state index contributed by atoms with van der Waals surface area (Å²) in [6, 6.07) is -0.00767. The SMILES string of the molecule is C#CC(CC)Nc1nc(C2CC2)nc(Cl)c1C. The summed E-state index contributed by atoms with van der Waals surface area (Å²) in [6.07, 6.45) is 8.61. The predicted molar refractivity (Wildman–Crippen MR) is 70.3 cm³/mol. The Hall–Kier alpha value is -1.27. The first-order valence-electron chi connectivity index (χ1n) is 5.92. The predicted octanol–water partition coefficient (Wildman–Crippen LogP) is 3.14. The van der Waals surface area contributed by atoms with E-state index in [1.807, 2.05) is 13.8 Å². The lowest BCUT2D eigenvalue weighted by molar-refractivity contribution is 0.834. The number of nitrogens with zero attached hydrogens (tertiary/aromatic N) is 2. The van der Waals surface area contributed by atoms with Crippen molar-refractivity contribution in [2.75, 3.05) is 5.32 Å². The van der Waals surface area contributed by atoms with Crippen LogP contribution >= 0.6 is 11.6 Å². The molecule has 1 atom stereocenters. The molecule has 17 heavy (non-hydrogen) atoms. The molecule has 1 aromatic heterocycles. The highest BCUT2D eigenvalue weighted by Crippen LogP contribution is 2.39. The number of hydrogen-bond donors (Lipinski definition) is 1. The third-order valence-electron chi connectivity index (χ3n) is 2.97. The van der Waals surface area contributed by atoms with E-state index >= 15 is 0 Å². The minimum absolute atomic E-state index is 0.00767. The minimum Gasteiger partial charge on any atom is -0.356 e. The fourth-order valence-electron chi connectivity index (χ4n) is 1.60. The highest BCUT2D eigenvalue weighted by Gasteiger charge is 2.28. The van der Waals surface area contributed by atoms with Gasteiger partial charge in [-0.3, -0.25) is 0 Å². The smallest absolute Gasteiger partial charge is 0.137 e. The zero-order valence-corrected chi connectivity index (χ0v) is 10.9. The molecule has 0 amide bonds. The maximum atomic E-state index is 6.12. The number of rotatable bonds is 4. The van der Waals surface area contributed by atoms with Gasteiger partial charge in [0, 0.05) is 11.5 Å². The summed E-state index contributed by atoms with van der Waals surface area (Å²) in [5.41, 5.74) is 0.866. The molecule has 1 aliphatic rings. The molecule has 1 fully saturated rings. The van der Waals surface area contributed by atoms with Crippen molar-refractivity contribution in [2.45, 2.75) is 45.1 Å². The van der Waals surface area contributed by atoms with Crippen molar-refractivity contribution in [1.29, 1.82) is 0 Å². The Morgan fingerprint density at radius 3 is 2.76 bits per heavy atom. The molecule has 2 rings (SSSR count). The molecule has 0 spiro atoms. The van der Waals surface area contributed by atoms with Gasteiger partial charge in [-0.1, -0.05) is 24.4 Å². The number of anilines is 1. The van der Waals surface area contributed by atoms with Gasteiger partial charge in [0.15, 0.2) is 0 Å². The summed E-state index contributed by atoms with van der Waals surface area (Å²) in [5.74, 6) is 4.80. The van der Waals surface area contributed by atoms with E-state index in [9.17, 15) is 0 Å². The van der Waals surface area contributed by atoms with E-state index in [1.54, 1.807) is 0 Å². The van der Waals surface area contributed by atoms with Crippen LogP contribution in [0.4, 0.5) is 5.82 Å². The molecule has 3 nitrogen and oxygen atoms in total. The van der Waals surface area contributed by atoms with Crippen LogP contribution in [-0.4, -0.2) is 16.0 Å². The molecule has 1 heterocycles. The van der Waals surface area contributed by atoms with Crippen molar-refractivity contribution in [3.8, 4) is 12.3 Å². The first-order chi connectivity index (χ1) is 8.15. The van der Waals surface area contributed by atoms with Crippen LogP contribution in [0.5, 0.6) is 0 Å². The van der Waals surface area contributed by atoms with Crippen molar-refractivity contribution in [1.82, 2.24) is 9.97 Å². The van der Waals surface area contributed by atoms with Gasteiger partial charge in [-0.2, -0.15) is 0 Å². The number of nitrogens with one attached hydrogen (secondary N) is 1. The summed E-state index contributed by atoms with van der Waals surface area (Å²) >= 11 is 6.12. The van der Waals surface area contributed by atoms with Crippen molar-refractivity contribution >= 4 is 17.4 Å². The van der Waals surface area contributed by atoms with Gasteiger partial charge in [-0.25, -0.2) is 9.97 Å². The topological polar surface area (TPSA) is 37.8 Å². The van der Waals surface area contributed by atoms with E-state index in [2.05, 4.69) is 21.2 Å². The van der Waals surface area contributed by atoms with Crippen molar-refractivity contribution in [3.63, 3.8) is 0 Å². The average molecular weight is 250 g/mol. The van der Waals surface area contributed by atoms with Crippen LogP contribution < -0.4 is 5.32 Å². The number of terminal acetylenes is 1. The molecule has 0 radical (unpaired) electrons.